The van der Waals surface area contributed by atoms with Gasteiger partial charge in [0, 0.05) is 6.61 Å². The molecule has 0 aromatic carbocycles. The van der Waals surface area contributed by atoms with E-state index in [0.717, 1.165) is 4.90 Å². The van der Waals surface area contributed by atoms with Gasteiger partial charge in [-0.1, -0.05) is 0 Å². The Kier molecular flexibility index (Phi) is 5.00. The van der Waals surface area contributed by atoms with E-state index < -0.39 is 75.5 Å². The SMILES string of the molecule is NC1=N[C@H]2[C@H](COC([O-])=NS(=O)(=O)[O-])N=C(N)N3C[C@H](OS(=O)(=O)O)C(O)(O)[C@]23N1. The fraction of sp³-hybridized carbons (Fsp3) is 0.700. The lowest BCUT2D eigenvalue weighted by Crippen LogP contribution is -2.77. The zero-order chi connectivity index (χ0) is 22.7. The molecule has 0 aliphatic carbocycles. The molecule has 0 saturated carbocycles. The van der Waals surface area contributed by atoms with Crippen molar-refractivity contribution in [2.45, 2.75) is 29.6 Å². The molecule has 0 amide bonds. The van der Waals surface area contributed by atoms with Crippen molar-refractivity contribution in [2.75, 3.05) is 13.2 Å². The average molecular weight is 473 g/mol. The van der Waals surface area contributed by atoms with E-state index in [2.05, 4.69) is 28.6 Å². The number of nitrogens with zero attached hydrogens (tertiary/aromatic N) is 4. The van der Waals surface area contributed by atoms with E-state index in [9.17, 15) is 36.7 Å². The van der Waals surface area contributed by atoms with Gasteiger partial charge in [-0.3, -0.25) is 4.55 Å². The molecule has 0 unspecified atom stereocenters. The number of hydrogen-bond acceptors (Lipinski definition) is 16. The van der Waals surface area contributed by atoms with Gasteiger partial charge in [-0.25, -0.2) is 22.6 Å². The summed E-state index contributed by atoms with van der Waals surface area (Å²) in [5.74, 6) is -3.89. The quantitative estimate of drug-likeness (QED) is 0.0935. The van der Waals surface area contributed by atoms with E-state index in [-0.39, 0.29) is 5.96 Å². The molecule has 4 atom stereocenters. The van der Waals surface area contributed by atoms with E-state index >= 15 is 0 Å². The molecule has 30 heavy (non-hydrogen) atoms. The van der Waals surface area contributed by atoms with Crippen LogP contribution in [0, 0.1) is 0 Å². The highest BCUT2D eigenvalue weighted by Crippen LogP contribution is 2.45. The number of aliphatic hydroxyl groups is 2. The summed E-state index contributed by atoms with van der Waals surface area (Å²) in [6, 6.07) is -2.71. The number of nitrogens with two attached hydrogens (primary N) is 2. The van der Waals surface area contributed by atoms with Crippen molar-refractivity contribution in [3.63, 3.8) is 0 Å². The summed E-state index contributed by atoms with van der Waals surface area (Å²) in [6.45, 7) is -1.39. The third-order valence-electron chi connectivity index (χ3n) is 4.55. The zero-order valence-electron chi connectivity index (χ0n) is 14.5. The molecule has 0 aromatic heterocycles. The molecular weight excluding hydrogens is 458 g/mol. The van der Waals surface area contributed by atoms with Crippen molar-refractivity contribution < 1.29 is 50.2 Å². The van der Waals surface area contributed by atoms with Crippen LogP contribution in [0.1, 0.15) is 0 Å². The Balaban J connectivity index is 1.96. The lowest BCUT2D eigenvalue weighted by atomic mass is 9.86. The second-order valence-corrected chi connectivity index (χ2v) is 8.44. The minimum Gasteiger partial charge on any atom is -0.729 e. The summed E-state index contributed by atoms with van der Waals surface area (Å²) in [4.78, 5) is 8.85. The monoisotopic (exact) mass is 473 g/mol. The van der Waals surface area contributed by atoms with Gasteiger partial charge in [0.05, 0.1) is 12.6 Å². The highest BCUT2D eigenvalue weighted by Gasteiger charge is 2.74. The number of hydrogen-bond donors (Lipinski definition) is 6. The van der Waals surface area contributed by atoms with E-state index in [0.29, 0.717) is 0 Å². The van der Waals surface area contributed by atoms with Crippen molar-refractivity contribution >= 4 is 38.7 Å². The lowest BCUT2D eigenvalue weighted by Gasteiger charge is -2.49. The number of guanidine groups is 2. The van der Waals surface area contributed by atoms with E-state index in [1.807, 2.05) is 0 Å². The first-order valence-corrected chi connectivity index (χ1v) is 10.5. The fourth-order valence-electron chi connectivity index (χ4n) is 3.56. The molecule has 170 valence electrons. The van der Waals surface area contributed by atoms with Gasteiger partial charge in [0.1, 0.15) is 6.04 Å². The van der Waals surface area contributed by atoms with Gasteiger partial charge in [-0.05, 0) is 0 Å². The van der Waals surface area contributed by atoms with E-state index in [1.54, 1.807) is 0 Å². The highest BCUT2D eigenvalue weighted by atomic mass is 32.3. The Bertz CT molecular complexity index is 1040. The van der Waals surface area contributed by atoms with Gasteiger partial charge in [0.2, 0.25) is 16.1 Å². The molecule has 3 rings (SSSR count). The molecule has 3 heterocycles. The summed E-state index contributed by atoms with van der Waals surface area (Å²) in [6.07, 6.45) is -3.75. The molecule has 3 aliphatic heterocycles. The number of rotatable bonds is 5. The first-order valence-electron chi connectivity index (χ1n) is 7.75. The maximum Gasteiger partial charge on any atom is 0.397 e. The summed E-state index contributed by atoms with van der Waals surface area (Å²) in [5.41, 5.74) is 9.27. The Morgan fingerprint density at radius 1 is 1.33 bits per heavy atom. The first kappa shape index (κ1) is 22.2. The normalized spacial score (nSPS) is 33.3. The van der Waals surface area contributed by atoms with Crippen LogP contribution in [0.15, 0.2) is 14.4 Å². The molecule has 18 nitrogen and oxygen atoms in total. The molecule has 1 fully saturated rings. The van der Waals surface area contributed by atoms with Crippen LogP contribution < -0.4 is 21.9 Å². The summed E-state index contributed by atoms with van der Waals surface area (Å²) in [5, 5.41) is 35.2. The predicted octanol–water partition coefficient (Wildman–Crippen LogP) is -6.96. The van der Waals surface area contributed by atoms with Gasteiger partial charge in [0.25, 0.3) is 0 Å². The minimum atomic E-state index is -5.28. The zero-order valence-corrected chi connectivity index (χ0v) is 16.1. The highest BCUT2D eigenvalue weighted by molar-refractivity contribution is 7.84. The number of aliphatic imine (C=N–C) groups is 2. The Labute approximate surface area is 168 Å². The van der Waals surface area contributed by atoms with Crippen molar-refractivity contribution in [1.82, 2.24) is 10.2 Å². The van der Waals surface area contributed by atoms with Crippen molar-refractivity contribution in [2.24, 2.45) is 25.8 Å². The topological polar surface area (TPSA) is 298 Å². The molecule has 0 bridgehead atoms. The standard InChI is InChI=1S/C10H17N7O11S2/c11-6-14-5-3(2-27-8(18)16-29(21,22)23)13-7(12)17-1-4(28-30(24,25)26)10(19,20)9(5,17)15-6/h3-5,19-20H,1-2H2,(H2,12,13)(H,16,18)(H3,11,14,15)(H,21,22,23)(H,24,25,26)/p-2/t3-,4-,5-,9-/m0/s1. The predicted molar refractivity (Wildman–Crippen MR) is 90.1 cm³/mol. The summed E-state index contributed by atoms with van der Waals surface area (Å²) in [7, 11) is -10.4. The third-order valence-corrected chi connectivity index (χ3v) is 5.40. The Morgan fingerprint density at radius 3 is 2.53 bits per heavy atom. The molecular formula is C10H15N7O11S2-2. The molecule has 1 saturated heterocycles. The van der Waals surface area contributed by atoms with Crippen LogP contribution in [0.2, 0.25) is 0 Å². The van der Waals surface area contributed by atoms with Crippen LogP contribution in [-0.2, 0) is 29.6 Å². The maximum absolute atomic E-state index is 11.4. The van der Waals surface area contributed by atoms with Crippen LogP contribution in [-0.4, -0.2) is 102 Å². The molecule has 1 spiro atoms. The smallest absolute Gasteiger partial charge is 0.397 e. The molecule has 0 radical (unpaired) electrons. The Hall–Kier alpha value is -2.49. The fourth-order valence-corrected chi connectivity index (χ4v) is 4.28. The van der Waals surface area contributed by atoms with Gasteiger partial charge in [-0.15, -0.1) is 0 Å². The van der Waals surface area contributed by atoms with Gasteiger partial charge < -0.3 is 46.3 Å². The van der Waals surface area contributed by atoms with Crippen molar-refractivity contribution in [3.8, 4) is 0 Å². The minimum absolute atomic E-state index is 0.363. The van der Waals surface area contributed by atoms with Crippen molar-refractivity contribution in [3.05, 3.63) is 0 Å². The second kappa shape index (κ2) is 6.76. The van der Waals surface area contributed by atoms with Gasteiger partial charge in [-0.2, -0.15) is 12.8 Å². The third kappa shape index (κ3) is 3.68. The second-order valence-electron chi connectivity index (χ2n) is 6.35. The van der Waals surface area contributed by atoms with Crippen LogP contribution in [0.4, 0.5) is 0 Å². The largest absolute Gasteiger partial charge is 0.729 e. The number of nitrogens with one attached hydrogen (secondary N) is 1. The average Bonchev–Trinajstić information content (AvgIpc) is 2.99. The summed E-state index contributed by atoms with van der Waals surface area (Å²) < 4.78 is 73.6. The van der Waals surface area contributed by atoms with Gasteiger partial charge in [0.15, 0.2) is 29.8 Å². The first-order chi connectivity index (χ1) is 13.6. The van der Waals surface area contributed by atoms with Crippen LogP contribution in [0.3, 0.4) is 0 Å². The molecule has 8 N–H and O–H groups in total. The number of ether oxygens (including phenoxy) is 1. The molecule has 3 aliphatic rings. The van der Waals surface area contributed by atoms with Crippen LogP contribution in [0.5, 0.6) is 0 Å². The van der Waals surface area contributed by atoms with Gasteiger partial charge >= 0.3 is 10.4 Å². The molecule has 20 heteroatoms. The van der Waals surface area contributed by atoms with Crippen LogP contribution >= 0.6 is 0 Å². The van der Waals surface area contributed by atoms with Crippen LogP contribution in [0.25, 0.3) is 0 Å². The maximum atomic E-state index is 11.4. The Morgan fingerprint density at radius 2 is 1.97 bits per heavy atom. The summed E-state index contributed by atoms with van der Waals surface area (Å²) >= 11 is 0. The van der Waals surface area contributed by atoms with E-state index in [1.165, 1.54) is 0 Å². The molecule has 0 aromatic rings. The lowest BCUT2D eigenvalue weighted by molar-refractivity contribution is -0.256. The van der Waals surface area contributed by atoms with E-state index in [4.69, 9.17) is 16.0 Å². The van der Waals surface area contributed by atoms with Crippen molar-refractivity contribution in [1.29, 1.82) is 0 Å².